The molecule has 0 radical (unpaired) electrons. The highest BCUT2D eigenvalue weighted by Gasteiger charge is 2.19. The maximum absolute atomic E-state index is 12.5. The molecular weight excluding hydrogens is 352 g/mol. The summed E-state index contributed by atoms with van der Waals surface area (Å²) < 4.78 is 0.630. The van der Waals surface area contributed by atoms with E-state index in [2.05, 4.69) is 30.6 Å². The smallest absolute Gasteiger partial charge is 0.271 e. The van der Waals surface area contributed by atoms with Crippen LogP contribution in [0.2, 0.25) is 0 Å². The molecule has 136 valence electrons. The van der Waals surface area contributed by atoms with Gasteiger partial charge in [-0.15, -0.1) is 11.3 Å². The first kappa shape index (κ1) is 18.2. The summed E-state index contributed by atoms with van der Waals surface area (Å²) in [6.45, 7) is 5.57. The van der Waals surface area contributed by atoms with Crippen LogP contribution in [0.4, 0.5) is 5.95 Å². The number of carbonyl (C=O) groups excluding carboxylic acids is 1. The van der Waals surface area contributed by atoms with E-state index in [0.717, 1.165) is 10.6 Å². The molecule has 0 fully saturated rings. The minimum absolute atomic E-state index is 0.0887. The van der Waals surface area contributed by atoms with Crippen LogP contribution in [0.25, 0.3) is 10.3 Å². The largest absolute Gasteiger partial charge is 0.392 e. The lowest BCUT2D eigenvalue weighted by Gasteiger charge is -2.14. The van der Waals surface area contributed by atoms with Gasteiger partial charge in [0, 0.05) is 18.9 Å². The molecule has 0 saturated carbocycles. The zero-order valence-electron chi connectivity index (χ0n) is 14.7. The van der Waals surface area contributed by atoms with Gasteiger partial charge >= 0.3 is 0 Å². The number of thiazole rings is 1. The van der Waals surface area contributed by atoms with Gasteiger partial charge in [-0.3, -0.25) is 9.78 Å². The molecule has 3 rings (SSSR count). The molecule has 8 nitrogen and oxygen atoms in total. The van der Waals surface area contributed by atoms with Gasteiger partial charge in [0.25, 0.3) is 5.91 Å². The number of pyridine rings is 1. The van der Waals surface area contributed by atoms with E-state index >= 15 is 0 Å². The van der Waals surface area contributed by atoms with Crippen LogP contribution in [0.15, 0.2) is 24.5 Å². The Bertz CT molecular complexity index is 912. The zero-order chi connectivity index (χ0) is 18.7. The van der Waals surface area contributed by atoms with Crippen molar-refractivity contribution >= 4 is 33.5 Å². The van der Waals surface area contributed by atoms with Gasteiger partial charge in [-0.1, -0.05) is 6.07 Å². The van der Waals surface area contributed by atoms with Crippen molar-refractivity contribution in [2.24, 2.45) is 0 Å². The molecule has 0 aromatic carbocycles. The number of aromatic nitrogens is 4. The van der Waals surface area contributed by atoms with E-state index in [1.807, 2.05) is 26.0 Å². The van der Waals surface area contributed by atoms with E-state index in [4.69, 9.17) is 0 Å². The van der Waals surface area contributed by atoms with E-state index in [1.54, 1.807) is 19.3 Å². The van der Waals surface area contributed by atoms with Crippen LogP contribution in [0, 0.1) is 6.92 Å². The van der Waals surface area contributed by atoms with Gasteiger partial charge in [0.1, 0.15) is 4.70 Å². The van der Waals surface area contributed by atoms with Gasteiger partial charge in [-0.25, -0.2) is 9.97 Å². The van der Waals surface area contributed by atoms with Crippen molar-refractivity contribution in [1.29, 1.82) is 0 Å². The molecule has 2 atom stereocenters. The number of rotatable bonds is 6. The molecule has 0 aliphatic rings. The number of nitrogens with one attached hydrogen (secondary N) is 2. The number of fused-ring (bicyclic) bond motifs is 1. The van der Waals surface area contributed by atoms with Crippen molar-refractivity contribution in [2.75, 3.05) is 11.9 Å². The van der Waals surface area contributed by atoms with E-state index < -0.39 is 6.10 Å². The summed E-state index contributed by atoms with van der Waals surface area (Å²) in [6.07, 6.45) is 2.84. The van der Waals surface area contributed by atoms with Gasteiger partial charge in [0.05, 0.1) is 17.2 Å². The molecule has 0 saturated heterocycles. The zero-order valence-corrected chi connectivity index (χ0v) is 15.5. The molecule has 0 bridgehead atoms. The second-order valence-electron chi connectivity index (χ2n) is 5.99. The molecule has 3 heterocycles. The minimum atomic E-state index is -0.636. The topological polar surface area (TPSA) is 113 Å². The van der Waals surface area contributed by atoms with Crippen LogP contribution >= 0.6 is 11.3 Å². The molecule has 1 amide bonds. The lowest BCUT2D eigenvalue weighted by Crippen LogP contribution is -2.31. The predicted molar refractivity (Wildman–Crippen MR) is 100 cm³/mol. The number of nitrogens with zero attached hydrogens (tertiary/aromatic N) is 4. The molecule has 26 heavy (non-hydrogen) atoms. The highest BCUT2D eigenvalue weighted by Crippen LogP contribution is 2.25. The third-order valence-corrected chi connectivity index (χ3v) is 4.63. The fraction of sp³-hybridized carbons (Fsp3) is 0.353. The van der Waals surface area contributed by atoms with Crippen LogP contribution < -0.4 is 10.6 Å². The Morgan fingerprint density at radius 2 is 2.12 bits per heavy atom. The molecule has 0 unspecified atom stereocenters. The lowest BCUT2D eigenvalue weighted by atomic mass is 10.1. The average Bonchev–Trinajstić information content (AvgIpc) is 2.99. The van der Waals surface area contributed by atoms with Gasteiger partial charge in [0.2, 0.25) is 5.95 Å². The van der Waals surface area contributed by atoms with Crippen LogP contribution in [0.1, 0.15) is 40.9 Å². The maximum atomic E-state index is 12.5. The van der Waals surface area contributed by atoms with Crippen LogP contribution in [0.3, 0.4) is 0 Å². The Hall–Kier alpha value is -2.65. The summed E-state index contributed by atoms with van der Waals surface area (Å²) in [5.74, 6) is -0.0413. The molecule has 3 aromatic rings. The molecule has 0 spiro atoms. The van der Waals surface area contributed by atoms with E-state index in [9.17, 15) is 9.90 Å². The normalized spacial score (nSPS) is 13.4. The number of amides is 1. The molecule has 3 N–H and O–H groups in total. The standard InChI is InChI=1S/C17H20N6O2S/c1-9(24)7-19-16(25)13-14-15(21-11(3)26-14)23-17(22-13)20-10(2)12-5-4-6-18-8-12/h4-6,8-10,24H,7H2,1-3H3,(H,19,25)(H,20,22,23)/t9-,10+/m1/s1. The number of aryl methyl sites for hydroxylation is 1. The van der Waals surface area contributed by atoms with Crippen molar-refractivity contribution in [3.8, 4) is 0 Å². The van der Waals surface area contributed by atoms with Crippen LogP contribution in [0.5, 0.6) is 0 Å². The molecule has 0 aliphatic carbocycles. The van der Waals surface area contributed by atoms with Crippen molar-refractivity contribution < 1.29 is 9.90 Å². The highest BCUT2D eigenvalue weighted by atomic mass is 32.1. The molecular formula is C17H20N6O2S. The number of aliphatic hydroxyl groups excluding tert-OH is 1. The average molecular weight is 372 g/mol. The lowest BCUT2D eigenvalue weighted by molar-refractivity contribution is 0.0921. The van der Waals surface area contributed by atoms with Gasteiger partial charge in [-0.05, 0) is 32.4 Å². The fourth-order valence-electron chi connectivity index (χ4n) is 2.38. The summed E-state index contributed by atoms with van der Waals surface area (Å²) >= 11 is 1.37. The van der Waals surface area contributed by atoms with Gasteiger partial charge in [0.15, 0.2) is 11.3 Å². The van der Waals surface area contributed by atoms with Crippen molar-refractivity contribution in [2.45, 2.75) is 32.9 Å². The number of aliphatic hydroxyl groups is 1. The second-order valence-corrected chi connectivity index (χ2v) is 7.20. The Labute approximate surface area is 154 Å². The Morgan fingerprint density at radius 3 is 2.81 bits per heavy atom. The van der Waals surface area contributed by atoms with Crippen LogP contribution in [-0.2, 0) is 0 Å². The highest BCUT2D eigenvalue weighted by molar-refractivity contribution is 7.18. The van der Waals surface area contributed by atoms with E-state index in [1.165, 1.54) is 11.3 Å². The first-order valence-electron chi connectivity index (χ1n) is 8.22. The fourth-order valence-corrected chi connectivity index (χ4v) is 3.22. The van der Waals surface area contributed by atoms with Gasteiger partial charge in [-0.2, -0.15) is 4.98 Å². The van der Waals surface area contributed by atoms with Crippen molar-refractivity contribution in [3.05, 3.63) is 40.8 Å². The summed E-state index contributed by atoms with van der Waals surface area (Å²) in [5.41, 5.74) is 1.71. The maximum Gasteiger partial charge on any atom is 0.271 e. The monoisotopic (exact) mass is 372 g/mol. The Balaban J connectivity index is 1.92. The SMILES string of the molecule is Cc1nc2nc(N[C@@H](C)c3cccnc3)nc(C(=O)NC[C@@H](C)O)c2s1. The second kappa shape index (κ2) is 7.71. The summed E-state index contributed by atoms with van der Waals surface area (Å²) in [5, 5.41) is 16.1. The van der Waals surface area contributed by atoms with Crippen molar-refractivity contribution in [3.63, 3.8) is 0 Å². The number of hydrogen-bond donors (Lipinski definition) is 3. The Kier molecular flexibility index (Phi) is 5.38. The predicted octanol–water partition coefficient (Wildman–Crippen LogP) is 2.07. The van der Waals surface area contributed by atoms with Crippen LogP contribution in [-0.4, -0.2) is 43.6 Å². The first-order valence-corrected chi connectivity index (χ1v) is 9.03. The third kappa shape index (κ3) is 4.12. The number of carbonyl (C=O) groups is 1. The minimum Gasteiger partial charge on any atom is -0.392 e. The first-order chi connectivity index (χ1) is 12.4. The summed E-state index contributed by atoms with van der Waals surface area (Å²) in [6, 6.07) is 3.72. The quantitative estimate of drug-likeness (QED) is 0.607. The summed E-state index contributed by atoms with van der Waals surface area (Å²) in [4.78, 5) is 29.8. The van der Waals surface area contributed by atoms with E-state index in [-0.39, 0.29) is 24.2 Å². The number of hydrogen-bond acceptors (Lipinski definition) is 8. The number of anilines is 1. The molecule has 0 aliphatic heterocycles. The molecule has 9 heteroatoms. The van der Waals surface area contributed by atoms with Crippen molar-refractivity contribution in [1.82, 2.24) is 25.3 Å². The molecule has 3 aromatic heterocycles. The van der Waals surface area contributed by atoms with E-state index in [0.29, 0.717) is 16.3 Å². The third-order valence-electron chi connectivity index (χ3n) is 3.66. The summed E-state index contributed by atoms with van der Waals surface area (Å²) in [7, 11) is 0. The Morgan fingerprint density at radius 1 is 1.31 bits per heavy atom. The van der Waals surface area contributed by atoms with Gasteiger partial charge < -0.3 is 15.7 Å².